The Kier molecular flexibility index (Phi) is 7.25. The molecule has 6 nitrogen and oxygen atoms in total. The van der Waals surface area contributed by atoms with Crippen LogP contribution in [0.4, 0.5) is 0 Å². The molecule has 190 valence electrons. The maximum absolute atomic E-state index is 13.3. The summed E-state index contributed by atoms with van der Waals surface area (Å²) in [6.45, 7) is 6.81. The fourth-order valence-electron chi connectivity index (χ4n) is 5.88. The van der Waals surface area contributed by atoms with Crippen molar-refractivity contribution < 1.29 is 28.2 Å². The highest BCUT2D eigenvalue weighted by Crippen LogP contribution is 2.53. The second-order valence-corrected chi connectivity index (χ2v) is 15.3. The largest absolute Gasteiger partial charge is 0.468 e. The fraction of sp³-hybridized carbons (Fsp3) is 0.379. The maximum atomic E-state index is 13.3. The van der Waals surface area contributed by atoms with Crippen LogP contribution < -0.4 is 10.4 Å². The lowest BCUT2D eigenvalue weighted by Gasteiger charge is -2.45. The number of carbonyl (C=O) groups excluding carboxylic acids is 2. The molecule has 2 heterocycles. The van der Waals surface area contributed by atoms with Crippen molar-refractivity contribution in [1.29, 1.82) is 0 Å². The smallest absolute Gasteiger partial charge is 0.326 e. The lowest BCUT2D eigenvalue weighted by atomic mass is 9.78. The number of benzene rings is 2. The van der Waals surface area contributed by atoms with E-state index in [0.717, 1.165) is 0 Å². The van der Waals surface area contributed by atoms with Crippen molar-refractivity contribution in [3.63, 3.8) is 0 Å². The Bertz CT molecular complexity index is 1110. The second-order valence-electron chi connectivity index (χ2n) is 10.4. The molecule has 1 saturated heterocycles. The van der Waals surface area contributed by atoms with E-state index >= 15 is 0 Å². The molecule has 4 rings (SSSR count). The summed E-state index contributed by atoms with van der Waals surface area (Å²) in [5.41, 5.74) is -1.66. The third-order valence-electron chi connectivity index (χ3n) is 7.57. The first kappa shape index (κ1) is 25.9. The molecule has 3 aromatic rings. The van der Waals surface area contributed by atoms with E-state index in [1.807, 2.05) is 12.1 Å². The Morgan fingerprint density at radius 2 is 1.42 bits per heavy atom. The van der Waals surface area contributed by atoms with Crippen molar-refractivity contribution >= 4 is 30.4 Å². The summed E-state index contributed by atoms with van der Waals surface area (Å²) in [5, 5.41) is 2.44. The van der Waals surface area contributed by atoms with E-state index in [1.54, 1.807) is 12.1 Å². The van der Waals surface area contributed by atoms with Crippen molar-refractivity contribution in [3.8, 4) is 0 Å². The van der Waals surface area contributed by atoms with Gasteiger partial charge in [-0.05, 0) is 23.2 Å². The molecule has 1 aliphatic rings. The number of esters is 2. The Morgan fingerprint density at radius 1 is 0.889 bits per heavy atom. The lowest BCUT2D eigenvalue weighted by Crippen LogP contribution is -2.65. The number of rotatable bonds is 7. The van der Waals surface area contributed by atoms with Crippen LogP contribution in [0.3, 0.4) is 0 Å². The first-order valence-corrected chi connectivity index (χ1v) is 14.4. The van der Waals surface area contributed by atoms with E-state index < -0.39 is 37.6 Å². The molecule has 1 aliphatic heterocycles. The second kappa shape index (κ2) is 10.1. The van der Waals surface area contributed by atoms with E-state index in [0.29, 0.717) is 11.8 Å². The number of carbonyl (C=O) groups is 2. The van der Waals surface area contributed by atoms with Gasteiger partial charge in [-0.15, -0.1) is 0 Å². The van der Waals surface area contributed by atoms with Crippen molar-refractivity contribution in [2.45, 2.75) is 50.5 Å². The Morgan fingerprint density at radius 3 is 1.83 bits per heavy atom. The van der Waals surface area contributed by atoms with E-state index in [4.69, 9.17) is 18.6 Å². The van der Waals surface area contributed by atoms with Crippen LogP contribution in [0.2, 0.25) is 11.1 Å². The van der Waals surface area contributed by atoms with Crippen LogP contribution in [-0.2, 0) is 23.8 Å². The van der Waals surface area contributed by atoms with Gasteiger partial charge in [0.2, 0.25) is 5.41 Å². The third kappa shape index (κ3) is 4.20. The van der Waals surface area contributed by atoms with E-state index in [2.05, 4.69) is 69.3 Å². The standard InChI is InChI=1S/C29H34O6Si/c1-28(2,3)36(22-13-8-6-9-14-22,23-15-10-7-11-16-23)20-21-19-29(26(30)32-4,27(31)33-5)25(35-21)24-17-12-18-34-24/h6-18,21,25H,19-20H2,1-5H3. The summed E-state index contributed by atoms with van der Waals surface area (Å²) >= 11 is 0. The highest BCUT2D eigenvalue weighted by molar-refractivity contribution is 7.04. The van der Waals surface area contributed by atoms with Crippen LogP contribution in [-0.4, -0.2) is 40.3 Å². The van der Waals surface area contributed by atoms with Gasteiger partial charge in [0, 0.05) is 6.42 Å². The minimum Gasteiger partial charge on any atom is -0.468 e. The first-order valence-electron chi connectivity index (χ1n) is 12.2. The van der Waals surface area contributed by atoms with Crippen LogP contribution in [0.15, 0.2) is 83.5 Å². The quantitative estimate of drug-likeness (QED) is 0.267. The molecule has 36 heavy (non-hydrogen) atoms. The summed E-state index contributed by atoms with van der Waals surface area (Å²) < 4.78 is 22.6. The fourth-order valence-corrected chi connectivity index (χ4v) is 11.5. The van der Waals surface area contributed by atoms with Crippen molar-refractivity contribution in [3.05, 3.63) is 84.8 Å². The molecule has 7 heteroatoms. The van der Waals surface area contributed by atoms with Gasteiger partial charge in [-0.1, -0.05) is 91.8 Å². The van der Waals surface area contributed by atoms with E-state index in [9.17, 15) is 9.59 Å². The monoisotopic (exact) mass is 506 g/mol. The van der Waals surface area contributed by atoms with Crippen LogP contribution in [0.5, 0.6) is 0 Å². The summed E-state index contributed by atoms with van der Waals surface area (Å²) in [7, 11) is 0.0178. The molecule has 0 aliphatic carbocycles. The lowest BCUT2D eigenvalue weighted by molar-refractivity contribution is -0.174. The van der Waals surface area contributed by atoms with E-state index in [1.165, 1.54) is 30.9 Å². The molecule has 2 atom stereocenters. The molecule has 1 fully saturated rings. The number of methoxy groups -OCH3 is 2. The Labute approximate surface area is 213 Å². The Hall–Kier alpha value is -3.16. The average molecular weight is 507 g/mol. The van der Waals surface area contributed by atoms with Crippen LogP contribution in [0.1, 0.15) is 39.1 Å². The number of furan rings is 1. The average Bonchev–Trinajstić information content (AvgIpc) is 3.55. The molecule has 0 spiro atoms. The van der Waals surface area contributed by atoms with Gasteiger partial charge in [-0.25, -0.2) is 0 Å². The van der Waals surface area contributed by atoms with Gasteiger partial charge >= 0.3 is 11.9 Å². The summed E-state index contributed by atoms with van der Waals surface area (Å²) in [5.74, 6) is -0.961. The topological polar surface area (TPSA) is 75.0 Å². The molecule has 2 unspecified atom stereocenters. The van der Waals surface area contributed by atoms with Crippen LogP contribution in [0, 0.1) is 5.41 Å². The van der Waals surface area contributed by atoms with E-state index in [-0.39, 0.29) is 11.5 Å². The molecular formula is C29H34O6Si. The number of hydrogen-bond donors (Lipinski definition) is 0. The van der Waals surface area contributed by atoms with Gasteiger partial charge in [-0.2, -0.15) is 0 Å². The molecule has 0 radical (unpaired) electrons. The van der Waals surface area contributed by atoms with Crippen LogP contribution in [0.25, 0.3) is 0 Å². The summed E-state index contributed by atoms with van der Waals surface area (Å²) in [4.78, 5) is 26.5. The predicted octanol–water partition coefficient (Wildman–Crippen LogP) is 4.51. The molecule has 0 bridgehead atoms. The minimum absolute atomic E-state index is 0.110. The summed E-state index contributed by atoms with van der Waals surface area (Å²) in [6.07, 6.45) is 0.288. The molecule has 0 N–H and O–H groups in total. The zero-order valence-corrected chi connectivity index (χ0v) is 22.5. The van der Waals surface area contributed by atoms with Gasteiger partial charge in [0.05, 0.1) is 26.6 Å². The SMILES string of the molecule is COC(=O)C1(C(=O)OC)CC(C[Si](c2ccccc2)(c2ccccc2)C(C)(C)C)OC1c1ccco1. The highest BCUT2D eigenvalue weighted by atomic mass is 28.3. The summed E-state index contributed by atoms with van der Waals surface area (Å²) in [6, 6.07) is 25.2. The van der Waals surface area contributed by atoms with Gasteiger partial charge < -0.3 is 18.6 Å². The first-order chi connectivity index (χ1) is 17.2. The predicted molar refractivity (Wildman–Crippen MR) is 140 cm³/mol. The number of hydrogen-bond acceptors (Lipinski definition) is 6. The molecule has 1 aromatic heterocycles. The molecule has 0 saturated carbocycles. The van der Waals surface area contributed by atoms with Crippen molar-refractivity contribution in [2.24, 2.45) is 5.41 Å². The van der Waals surface area contributed by atoms with Gasteiger partial charge in [0.25, 0.3) is 0 Å². The van der Waals surface area contributed by atoms with Crippen molar-refractivity contribution in [1.82, 2.24) is 0 Å². The molecule has 2 aromatic carbocycles. The zero-order valence-electron chi connectivity index (χ0n) is 21.5. The van der Waals surface area contributed by atoms with Crippen LogP contribution >= 0.6 is 0 Å². The van der Waals surface area contributed by atoms with Gasteiger partial charge in [0.1, 0.15) is 19.9 Å². The van der Waals surface area contributed by atoms with Crippen molar-refractivity contribution in [2.75, 3.05) is 14.2 Å². The minimum atomic E-state index is -2.54. The van der Waals surface area contributed by atoms with Gasteiger partial charge in [-0.3, -0.25) is 9.59 Å². The third-order valence-corrected chi connectivity index (χ3v) is 13.8. The molecule has 0 amide bonds. The normalized spacial score (nSPS) is 19.6. The maximum Gasteiger partial charge on any atom is 0.326 e. The van der Waals surface area contributed by atoms with Gasteiger partial charge in [0.15, 0.2) is 0 Å². The highest BCUT2D eigenvalue weighted by Gasteiger charge is 2.64. The zero-order chi connectivity index (χ0) is 26.0. The number of ether oxygens (including phenoxy) is 3. The Balaban J connectivity index is 1.87. The molecular weight excluding hydrogens is 472 g/mol.